The summed E-state index contributed by atoms with van der Waals surface area (Å²) in [4.78, 5) is 55.7. The fourth-order valence-corrected chi connectivity index (χ4v) is 4.87. The Labute approximate surface area is 175 Å². The molecule has 1 aliphatic carbocycles. The minimum atomic E-state index is -0.877. The molecule has 9 nitrogen and oxygen atoms in total. The van der Waals surface area contributed by atoms with Gasteiger partial charge < -0.3 is 19.5 Å². The zero-order valence-electron chi connectivity index (χ0n) is 17.4. The van der Waals surface area contributed by atoms with Crippen molar-refractivity contribution in [3.8, 4) is 0 Å². The fourth-order valence-electron chi connectivity index (χ4n) is 4.87. The number of nitrogens with one attached hydrogen (secondary N) is 1. The molecule has 1 aromatic heterocycles. The summed E-state index contributed by atoms with van der Waals surface area (Å²) in [6.45, 7) is 5.04. The van der Waals surface area contributed by atoms with E-state index in [0.717, 1.165) is 24.2 Å². The Morgan fingerprint density at radius 3 is 2.50 bits per heavy atom. The van der Waals surface area contributed by atoms with Crippen molar-refractivity contribution in [2.24, 2.45) is 5.92 Å². The maximum Gasteiger partial charge on any atom is 0.325 e. The summed E-state index contributed by atoms with van der Waals surface area (Å²) < 4.78 is 5.16. The molecule has 1 N–H and O–H groups in total. The van der Waals surface area contributed by atoms with Gasteiger partial charge in [0.15, 0.2) is 5.76 Å². The summed E-state index contributed by atoms with van der Waals surface area (Å²) in [5.74, 6) is -0.445. The van der Waals surface area contributed by atoms with Crippen LogP contribution in [0.4, 0.5) is 4.79 Å². The highest BCUT2D eigenvalue weighted by atomic mass is 16.3. The molecular formula is C21H28N4O5. The van der Waals surface area contributed by atoms with Crippen molar-refractivity contribution in [3.05, 3.63) is 24.2 Å². The van der Waals surface area contributed by atoms with Crippen LogP contribution < -0.4 is 5.32 Å². The van der Waals surface area contributed by atoms with Crippen molar-refractivity contribution in [2.45, 2.75) is 51.1 Å². The van der Waals surface area contributed by atoms with E-state index in [1.165, 1.54) is 6.26 Å². The summed E-state index contributed by atoms with van der Waals surface area (Å²) in [5, 5.41) is 2.90. The second-order valence-electron chi connectivity index (χ2n) is 8.49. The molecule has 3 aliphatic rings. The second kappa shape index (κ2) is 7.77. The highest BCUT2D eigenvalue weighted by Crippen LogP contribution is 2.38. The van der Waals surface area contributed by atoms with Crippen LogP contribution >= 0.6 is 0 Å². The van der Waals surface area contributed by atoms with Gasteiger partial charge in [0.05, 0.1) is 6.26 Å². The monoisotopic (exact) mass is 416 g/mol. The molecule has 1 spiro atoms. The Hall–Kier alpha value is -2.84. The first-order chi connectivity index (χ1) is 14.3. The number of nitrogens with zero attached hydrogens (tertiary/aromatic N) is 3. The van der Waals surface area contributed by atoms with Gasteiger partial charge in [-0.25, -0.2) is 9.69 Å². The maximum absolute atomic E-state index is 13.2. The lowest BCUT2D eigenvalue weighted by atomic mass is 9.73. The Morgan fingerprint density at radius 1 is 1.17 bits per heavy atom. The predicted molar refractivity (Wildman–Crippen MR) is 106 cm³/mol. The lowest BCUT2D eigenvalue weighted by Gasteiger charge is -2.38. The normalized spacial score (nSPS) is 28.1. The molecule has 9 heteroatoms. The van der Waals surface area contributed by atoms with Crippen molar-refractivity contribution in [3.63, 3.8) is 0 Å². The third kappa shape index (κ3) is 3.26. The summed E-state index contributed by atoms with van der Waals surface area (Å²) in [5.41, 5.74) is -0.877. The molecular weight excluding hydrogens is 388 g/mol. The average molecular weight is 416 g/mol. The molecule has 1 saturated carbocycles. The van der Waals surface area contributed by atoms with Crippen molar-refractivity contribution in [2.75, 3.05) is 26.2 Å². The van der Waals surface area contributed by atoms with E-state index in [1.807, 2.05) is 6.92 Å². The van der Waals surface area contributed by atoms with E-state index in [4.69, 9.17) is 4.42 Å². The summed E-state index contributed by atoms with van der Waals surface area (Å²) >= 11 is 0. The van der Waals surface area contributed by atoms with Gasteiger partial charge in [-0.05, 0) is 37.8 Å². The number of hydrogen-bond donors (Lipinski definition) is 1. The number of imide groups is 1. The van der Waals surface area contributed by atoms with Crippen LogP contribution in [0.25, 0.3) is 0 Å². The van der Waals surface area contributed by atoms with Gasteiger partial charge in [0.1, 0.15) is 11.6 Å². The Morgan fingerprint density at radius 2 is 1.87 bits per heavy atom. The molecule has 1 aromatic rings. The van der Waals surface area contributed by atoms with Crippen LogP contribution in [-0.2, 0) is 9.59 Å². The van der Waals surface area contributed by atoms with Gasteiger partial charge >= 0.3 is 6.03 Å². The highest BCUT2D eigenvalue weighted by molar-refractivity contribution is 6.10. The van der Waals surface area contributed by atoms with Gasteiger partial charge in [-0.2, -0.15) is 0 Å². The zero-order chi connectivity index (χ0) is 21.5. The minimum absolute atomic E-state index is 0.0474. The summed E-state index contributed by atoms with van der Waals surface area (Å²) in [6, 6.07) is 1.91. The van der Waals surface area contributed by atoms with Crippen LogP contribution in [0.3, 0.4) is 0 Å². The molecule has 5 amide bonds. The molecule has 2 saturated heterocycles. The molecule has 4 rings (SSSR count). The van der Waals surface area contributed by atoms with Gasteiger partial charge in [-0.3, -0.25) is 14.4 Å². The summed E-state index contributed by atoms with van der Waals surface area (Å²) in [6.07, 6.45) is 4.88. The molecule has 2 aliphatic heterocycles. The van der Waals surface area contributed by atoms with E-state index < -0.39 is 17.6 Å². The van der Waals surface area contributed by atoms with E-state index >= 15 is 0 Å². The molecule has 3 atom stereocenters. The number of carbonyl (C=O) groups is 4. The van der Waals surface area contributed by atoms with E-state index in [1.54, 1.807) is 28.9 Å². The van der Waals surface area contributed by atoms with Crippen molar-refractivity contribution >= 4 is 23.8 Å². The smallest absolute Gasteiger partial charge is 0.325 e. The van der Waals surface area contributed by atoms with Crippen molar-refractivity contribution in [1.82, 2.24) is 20.0 Å². The van der Waals surface area contributed by atoms with Crippen molar-refractivity contribution < 1.29 is 23.6 Å². The fraction of sp³-hybridized carbons (Fsp3) is 0.619. The number of piperazine rings is 1. The van der Waals surface area contributed by atoms with Crippen LogP contribution in [0.2, 0.25) is 0 Å². The number of hydrogen-bond acceptors (Lipinski definition) is 5. The lowest BCUT2D eigenvalue weighted by Crippen LogP contribution is -2.57. The van der Waals surface area contributed by atoms with E-state index in [0.29, 0.717) is 32.6 Å². The van der Waals surface area contributed by atoms with E-state index in [-0.39, 0.29) is 29.4 Å². The molecule has 162 valence electrons. The van der Waals surface area contributed by atoms with Crippen LogP contribution in [0.5, 0.6) is 0 Å². The first-order valence-corrected chi connectivity index (χ1v) is 10.6. The molecule has 30 heavy (non-hydrogen) atoms. The van der Waals surface area contributed by atoms with Crippen LogP contribution in [0, 0.1) is 5.92 Å². The first kappa shape index (κ1) is 20.4. The van der Waals surface area contributed by atoms with Crippen molar-refractivity contribution in [1.29, 1.82) is 0 Å². The zero-order valence-corrected chi connectivity index (χ0v) is 17.4. The molecule has 0 unspecified atom stereocenters. The maximum atomic E-state index is 13.2. The molecule has 3 fully saturated rings. The van der Waals surface area contributed by atoms with Gasteiger partial charge in [0, 0.05) is 26.2 Å². The lowest BCUT2D eigenvalue weighted by molar-refractivity contribution is -0.145. The van der Waals surface area contributed by atoms with Gasteiger partial charge in [-0.15, -0.1) is 0 Å². The van der Waals surface area contributed by atoms with Gasteiger partial charge in [0.2, 0.25) is 5.91 Å². The van der Waals surface area contributed by atoms with Gasteiger partial charge in [-0.1, -0.05) is 19.8 Å². The standard InChI is InChI=1S/C21H28N4O5/c1-14-6-3-4-8-21(14)19(28)25(20(29)22-21)15(2)17(26)23-9-11-24(12-10-23)18(27)16-7-5-13-30-16/h5,7,13-15H,3-4,6,8-12H2,1-2H3,(H,22,29)/t14-,15+,21-/m1/s1. The number of amides is 5. The number of carbonyl (C=O) groups excluding carboxylic acids is 4. The highest BCUT2D eigenvalue weighted by Gasteiger charge is 2.57. The quantitative estimate of drug-likeness (QED) is 0.752. The third-order valence-electron chi connectivity index (χ3n) is 6.80. The SMILES string of the molecule is C[C@@H]1CCCC[C@@]12NC(=O)N([C@@H](C)C(=O)N1CCN(C(=O)c3ccco3)CC1)C2=O. The largest absolute Gasteiger partial charge is 0.459 e. The molecule has 0 radical (unpaired) electrons. The van der Waals surface area contributed by atoms with Crippen LogP contribution in [0.15, 0.2) is 22.8 Å². The molecule has 0 bridgehead atoms. The van der Waals surface area contributed by atoms with Gasteiger partial charge in [0.25, 0.3) is 11.8 Å². The third-order valence-corrected chi connectivity index (χ3v) is 6.80. The average Bonchev–Trinajstić information content (AvgIpc) is 3.36. The molecule has 3 heterocycles. The molecule has 0 aromatic carbocycles. The first-order valence-electron chi connectivity index (χ1n) is 10.6. The second-order valence-corrected chi connectivity index (χ2v) is 8.49. The predicted octanol–water partition coefficient (Wildman–Crippen LogP) is 1.45. The number of rotatable bonds is 3. The van der Waals surface area contributed by atoms with E-state index in [2.05, 4.69) is 5.32 Å². The number of urea groups is 1. The Kier molecular flexibility index (Phi) is 5.29. The topological polar surface area (TPSA) is 103 Å². The minimum Gasteiger partial charge on any atom is -0.459 e. The summed E-state index contributed by atoms with van der Waals surface area (Å²) in [7, 11) is 0. The van der Waals surface area contributed by atoms with Crippen LogP contribution in [0.1, 0.15) is 50.1 Å². The van der Waals surface area contributed by atoms with E-state index in [9.17, 15) is 19.2 Å². The number of furan rings is 1. The Balaban J connectivity index is 1.40. The van der Waals surface area contributed by atoms with Crippen LogP contribution in [-0.4, -0.2) is 76.2 Å². The Bertz CT molecular complexity index is 846.